The Morgan fingerprint density at radius 1 is 1.60 bits per heavy atom. The van der Waals surface area contributed by atoms with Gasteiger partial charge in [-0.1, -0.05) is 0 Å². The summed E-state index contributed by atoms with van der Waals surface area (Å²) in [5.41, 5.74) is 5.69. The molecule has 1 aromatic heterocycles. The van der Waals surface area contributed by atoms with E-state index in [1.165, 1.54) is 0 Å². The van der Waals surface area contributed by atoms with Gasteiger partial charge in [0.1, 0.15) is 0 Å². The molecule has 0 spiro atoms. The third kappa shape index (κ3) is 0.786. The number of fused-ring (bicyclic) bond motifs is 1. The molecule has 1 aliphatic heterocycles. The van der Waals surface area contributed by atoms with Gasteiger partial charge in [0.25, 0.3) is 0 Å². The summed E-state index contributed by atoms with van der Waals surface area (Å²) in [6.07, 6.45) is 1.91. The van der Waals surface area contributed by atoms with Gasteiger partial charge in [0.05, 0.1) is 6.54 Å². The molecule has 1 aliphatic rings. The van der Waals surface area contributed by atoms with Gasteiger partial charge in [0, 0.05) is 12.5 Å². The van der Waals surface area contributed by atoms with Gasteiger partial charge in [0.15, 0.2) is 5.82 Å². The predicted octanol–water partition coefficient (Wildman–Crippen LogP) is -1.05. The summed E-state index contributed by atoms with van der Waals surface area (Å²) in [6, 6.07) is 0.232. The molecule has 0 saturated heterocycles. The van der Waals surface area contributed by atoms with E-state index in [9.17, 15) is 0 Å². The van der Waals surface area contributed by atoms with E-state index in [0.29, 0.717) is 0 Å². The van der Waals surface area contributed by atoms with E-state index in [-0.39, 0.29) is 6.04 Å². The minimum atomic E-state index is 0.232. The highest BCUT2D eigenvalue weighted by atomic mass is 15.5. The van der Waals surface area contributed by atoms with Crippen LogP contribution < -0.4 is 5.73 Å². The second kappa shape index (κ2) is 2.02. The summed E-state index contributed by atoms with van der Waals surface area (Å²) in [6.45, 7) is 0.766. The molecule has 0 radical (unpaired) electrons. The van der Waals surface area contributed by atoms with Crippen molar-refractivity contribution in [2.45, 2.75) is 25.4 Å². The Morgan fingerprint density at radius 2 is 2.50 bits per heavy atom. The Balaban J connectivity index is 2.30. The number of nitrogens with two attached hydrogens (primary N) is 1. The molecule has 0 bridgehead atoms. The molecule has 2 rings (SSSR count). The Labute approximate surface area is 58.2 Å². The lowest BCUT2D eigenvalue weighted by molar-refractivity contribution is 0.418. The minimum Gasteiger partial charge on any atom is -0.326 e. The Morgan fingerprint density at radius 3 is 3.40 bits per heavy atom. The lowest BCUT2D eigenvalue weighted by Crippen LogP contribution is -2.32. The van der Waals surface area contributed by atoms with Crippen LogP contribution in [0.3, 0.4) is 0 Å². The zero-order valence-electron chi connectivity index (χ0n) is 5.56. The van der Waals surface area contributed by atoms with E-state index in [4.69, 9.17) is 5.73 Å². The van der Waals surface area contributed by atoms with Crippen molar-refractivity contribution in [1.29, 1.82) is 0 Å². The maximum atomic E-state index is 5.69. The van der Waals surface area contributed by atoms with Crippen molar-refractivity contribution < 1.29 is 0 Å². The van der Waals surface area contributed by atoms with E-state index >= 15 is 0 Å². The topological polar surface area (TPSA) is 69.6 Å². The molecular formula is C5H9N5. The van der Waals surface area contributed by atoms with Crippen LogP contribution in [0.15, 0.2) is 0 Å². The first-order chi connectivity index (χ1) is 4.86. The Bertz CT molecular complexity index is 230. The Hall–Kier alpha value is -0.970. The quantitative estimate of drug-likeness (QED) is 0.497. The first-order valence-electron chi connectivity index (χ1n) is 3.37. The number of rotatable bonds is 0. The summed E-state index contributed by atoms with van der Waals surface area (Å²) in [4.78, 5) is 0. The fourth-order valence-corrected chi connectivity index (χ4v) is 1.17. The van der Waals surface area contributed by atoms with Crippen molar-refractivity contribution in [3.8, 4) is 0 Å². The molecule has 1 aromatic rings. The largest absolute Gasteiger partial charge is 0.326 e. The number of hydrogen-bond donors (Lipinski definition) is 1. The van der Waals surface area contributed by atoms with Gasteiger partial charge < -0.3 is 5.73 Å². The smallest absolute Gasteiger partial charge is 0.151 e. The number of aryl methyl sites for hydroxylation is 1. The molecule has 5 heteroatoms. The van der Waals surface area contributed by atoms with Gasteiger partial charge in [-0.2, -0.15) is 0 Å². The SMILES string of the molecule is NC1CCc2nnnn2C1. The minimum absolute atomic E-state index is 0.232. The van der Waals surface area contributed by atoms with Crippen LogP contribution in [-0.2, 0) is 13.0 Å². The zero-order chi connectivity index (χ0) is 6.97. The van der Waals surface area contributed by atoms with Crippen molar-refractivity contribution >= 4 is 0 Å². The number of hydrogen-bond acceptors (Lipinski definition) is 4. The maximum absolute atomic E-state index is 5.69. The van der Waals surface area contributed by atoms with Crippen molar-refractivity contribution in [3.63, 3.8) is 0 Å². The molecule has 0 amide bonds. The maximum Gasteiger partial charge on any atom is 0.151 e. The summed E-state index contributed by atoms with van der Waals surface area (Å²) in [7, 11) is 0. The van der Waals surface area contributed by atoms with Crippen molar-refractivity contribution in [3.05, 3.63) is 5.82 Å². The van der Waals surface area contributed by atoms with Crippen molar-refractivity contribution in [2.75, 3.05) is 0 Å². The summed E-state index contributed by atoms with van der Waals surface area (Å²) in [5.74, 6) is 0.960. The fourth-order valence-electron chi connectivity index (χ4n) is 1.17. The normalized spacial score (nSPS) is 24.3. The highest BCUT2D eigenvalue weighted by Gasteiger charge is 2.16. The second-order valence-electron chi connectivity index (χ2n) is 2.58. The zero-order valence-corrected chi connectivity index (χ0v) is 5.56. The van der Waals surface area contributed by atoms with Crippen LogP contribution in [0.4, 0.5) is 0 Å². The van der Waals surface area contributed by atoms with E-state index < -0.39 is 0 Å². The van der Waals surface area contributed by atoms with Gasteiger partial charge in [-0.3, -0.25) is 0 Å². The van der Waals surface area contributed by atoms with Crippen LogP contribution in [0.1, 0.15) is 12.2 Å². The third-order valence-electron chi connectivity index (χ3n) is 1.75. The summed E-state index contributed by atoms with van der Waals surface area (Å²) in [5, 5.41) is 11.2. The summed E-state index contributed by atoms with van der Waals surface area (Å²) >= 11 is 0. The number of tetrazole rings is 1. The van der Waals surface area contributed by atoms with Gasteiger partial charge in [-0.15, -0.1) is 5.10 Å². The fraction of sp³-hybridized carbons (Fsp3) is 0.800. The Kier molecular flexibility index (Phi) is 1.17. The van der Waals surface area contributed by atoms with E-state index in [2.05, 4.69) is 15.5 Å². The van der Waals surface area contributed by atoms with Gasteiger partial charge in [-0.05, 0) is 16.8 Å². The first-order valence-corrected chi connectivity index (χ1v) is 3.37. The number of aromatic nitrogens is 4. The second-order valence-corrected chi connectivity index (χ2v) is 2.58. The molecule has 5 nitrogen and oxygen atoms in total. The molecule has 2 N–H and O–H groups in total. The van der Waals surface area contributed by atoms with Gasteiger partial charge in [0.2, 0.25) is 0 Å². The van der Waals surface area contributed by atoms with Crippen LogP contribution >= 0.6 is 0 Å². The van der Waals surface area contributed by atoms with E-state index in [1.807, 2.05) is 0 Å². The lowest BCUT2D eigenvalue weighted by atomic mass is 10.1. The molecule has 2 heterocycles. The monoisotopic (exact) mass is 139 g/mol. The molecule has 1 atom stereocenters. The molecule has 0 saturated carbocycles. The highest BCUT2D eigenvalue weighted by Crippen LogP contribution is 2.07. The molecule has 0 aliphatic carbocycles. The van der Waals surface area contributed by atoms with Crippen LogP contribution in [0, 0.1) is 0 Å². The molecule has 54 valence electrons. The van der Waals surface area contributed by atoms with Crippen LogP contribution in [0.2, 0.25) is 0 Å². The first kappa shape index (κ1) is 5.79. The standard InChI is InChI=1S/C5H9N5/c6-4-1-2-5-7-8-9-10(5)3-4/h4H,1-3,6H2. The molecule has 0 aromatic carbocycles. The molecule has 0 fully saturated rings. The molecular weight excluding hydrogens is 130 g/mol. The van der Waals surface area contributed by atoms with Crippen LogP contribution in [0.5, 0.6) is 0 Å². The summed E-state index contributed by atoms with van der Waals surface area (Å²) < 4.78 is 1.77. The van der Waals surface area contributed by atoms with Gasteiger partial charge >= 0.3 is 0 Å². The van der Waals surface area contributed by atoms with Crippen LogP contribution in [-0.4, -0.2) is 26.2 Å². The third-order valence-corrected chi connectivity index (χ3v) is 1.75. The van der Waals surface area contributed by atoms with Gasteiger partial charge in [-0.25, -0.2) is 4.68 Å². The average Bonchev–Trinajstić information content (AvgIpc) is 2.33. The average molecular weight is 139 g/mol. The van der Waals surface area contributed by atoms with E-state index in [1.54, 1.807) is 4.68 Å². The van der Waals surface area contributed by atoms with Crippen molar-refractivity contribution in [2.24, 2.45) is 5.73 Å². The predicted molar refractivity (Wildman–Crippen MR) is 34.1 cm³/mol. The lowest BCUT2D eigenvalue weighted by Gasteiger charge is -2.16. The highest BCUT2D eigenvalue weighted by molar-refractivity contribution is 4.88. The van der Waals surface area contributed by atoms with Crippen LogP contribution in [0.25, 0.3) is 0 Å². The van der Waals surface area contributed by atoms with E-state index in [0.717, 1.165) is 25.2 Å². The van der Waals surface area contributed by atoms with Crippen molar-refractivity contribution in [1.82, 2.24) is 20.2 Å². The molecule has 1 unspecified atom stereocenters. The molecule has 10 heavy (non-hydrogen) atoms. The number of nitrogens with zero attached hydrogens (tertiary/aromatic N) is 4.